The van der Waals surface area contributed by atoms with Gasteiger partial charge in [0.25, 0.3) is 0 Å². The molecule has 98 valence electrons. The molecule has 2 rings (SSSR count). The molecule has 1 fully saturated rings. The van der Waals surface area contributed by atoms with Gasteiger partial charge in [0.1, 0.15) is 11.4 Å². The van der Waals surface area contributed by atoms with E-state index in [2.05, 4.69) is 10.3 Å². The molecule has 0 radical (unpaired) electrons. The summed E-state index contributed by atoms with van der Waals surface area (Å²) >= 11 is 0. The van der Waals surface area contributed by atoms with Crippen molar-refractivity contribution >= 4 is 11.8 Å². The summed E-state index contributed by atoms with van der Waals surface area (Å²) in [4.78, 5) is 15.7. The van der Waals surface area contributed by atoms with Gasteiger partial charge in [-0.25, -0.2) is 9.78 Å². The van der Waals surface area contributed by atoms with Crippen molar-refractivity contribution in [3.05, 3.63) is 23.9 Å². The van der Waals surface area contributed by atoms with Crippen LogP contribution >= 0.6 is 0 Å². The molecular formula is C13H18N2O3. The van der Waals surface area contributed by atoms with Crippen molar-refractivity contribution in [2.45, 2.75) is 12.8 Å². The third kappa shape index (κ3) is 3.20. The largest absolute Gasteiger partial charge is 0.465 e. The molecule has 0 aromatic carbocycles. The highest BCUT2D eigenvalue weighted by molar-refractivity contribution is 5.94. The van der Waals surface area contributed by atoms with Gasteiger partial charge in [0.15, 0.2) is 0 Å². The van der Waals surface area contributed by atoms with Crippen LogP contribution in [0.3, 0.4) is 0 Å². The first-order chi connectivity index (χ1) is 8.81. The topological polar surface area (TPSA) is 60.5 Å². The number of aromatic nitrogens is 1. The molecule has 1 aliphatic heterocycles. The molecule has 18 heavy (non-hydrogen) atoms. The number of carbonyl (C=O) groups is 1. The maximum atomic E-state index is 11.6. The third-order valence-corrected chi connectivity index (χ3v) is 3.03. The van der Waals surface area contributed by atoms with E-state index in [0.29, 0.717) is 17.3 Å². The lowest BCUT2D eigenvalue weighted by molar-refractivity contribution is 0.0591. The van der Waals surface area contributed by atoms with E-state index in [4.69, 9.17) is 9.47 Å². The van der Waals surface area contributed by atoms with Gasteiger partial charge in [-0.1, -0.05) is 0 Å². The van der Waals surface area contributed by atoms with Crippen LogP contribution in [0.15, 0.2) is 18.3 Å². The maximum Gasteiger partial charge on any atom is 0.341 e. The Morgan fingerprint density at radius 1 is 1.67 bits per heavy atom. The van der Waals surface area contributed by atoms with Crippen molar-refractivity contribution < 1.29 is 14.3 Å². The Labute approximate surface area is 107 Å². The summed E-state index contributed by atoms with van der Waals surface area (Å²) in [6.07, 6.45) is 3.90. The molecule has 1 aromatic heterocycles. The molecule has 1 aliphatic rings. The van der Waals surface area contributed by atoms with Gasteiger partial charge >= 0.3 is 5.97 Å². The van der Waals surface area contributed by atoms with Crippen molar-refractivity contribution in [3.8, 4) is 0 Å². The highest BCUT2D eigenvalue weighted by Crippen LogP contribution is 2.17. The van der Waals surface area contributed by atoms with Gasteiger partial charge in [-0.2, -0.15) is 0 Å². The molecule has 0 amide bonds. The normalized spacial score (nSPS) is 19.3. The Balaban J connectivity index is 1.97. The number of pyridine rings is 1. The fraction of sp³-hybridized carbons (Fsp3) is 0.538. The van der Waals surface area contributed by atoms with Crippen LogP contribution in [-0.4, -0.2) is 37.8 Å². The fourth-order valence-electron chi connectivity index (χ4n) is 2.03. The Morgan fingerprint density at radius 3 is 3.28 bits per heavy atom. The van der Waals surface area contributed by atoms with E-state index < -0.39 is 0 Å². The second kappa shape index (κ2) is 6.35. The average molecular weight is 250 g/mol. The van der Waals surface area contributed by atoms with Gasteiger partial charge < -0.3 is 14.8 Å². The number of anilines is 1. The van der Waals surface area contributed by atoms with Gasteiger partial charge in [-0.15, -0.1) is 0 Å². The minimum absolute atomic E-state index is 0.370. The van der Waals surface area contributed by atoms with Crippen molar-refractivity contribution in [2.24, 2.45) is 5.92 Å². The van der Waals surface area contributed by atoms with Crippen LogP contribution in [0.25, 0.3) is 0 Å². The quantitative estimate of drug-likeness (QED) is 0.824. The number of esters is 1. The Morgan fingerprint density at radius 2 is 2.56 bits per heavy atom. The first kappa shape index (κ1) is 12.8. The van der Waals surface area contributed by atoms with Crippen LogP contribution in [0.1, 0.15) is 23.2 Å². The summed E-state index contributed by atoms with van der Waals surface area (Å²) in [7, 11) is 1.37. The highest BCUT2D eigenvalue weighted by atomic mass is 16.5. The van der Waals surface area contributed by atoms with Gasteiger partial charge in [0, 0.05) is 19.3 Å². The molecule has 0 aliphatic carbocycles. The van der Waals surface area contributed by atoms with Crippen LogP contribution in [0, 0.1) is 5.92 Å². The van der Waals surface area contributed by atoms with Crippen molar-refractivity contribution in [1.29, 1.82) is 0 Å². The number of nitrogens with zero attached hydrogens (tertiary/aromatic N) is 1. The summed E-state index contributed by atoms with van der Waals surface area (Å²) in [5.41, 5.74) is 0.469. The summed E-state index contributed by atoms with van der Waals surface area (Å²) in [5.74, 6) is 0.687. The number of methoxy groups -OCH3 is 1. The molecule has 0 spiro atoms. The number of hydrogen-bond donors (Lipinski definition) is 1. The Kier molecular flexibility index (Phi) is 4.52. The number of hydrogen-bond acceptors (Lipinski definition) is 5. The second-order valence-corrected chi connectivity index (χ2v) is 4.36. The number of nitrogens with one attached hydrogen (secondary N) is 1. The summed E-state index contributed by atoms with van der Waals surface area (Å²) in [6.45, 7) is 2.39. The smallest absolute Gasteiger partial charge is 0.341 e. The van der Waals surface area contributed by atoms with Crippen LogP contribution in [0.2, 0.25) is 0 Å². The molecule has 5 heteroatoms. The number of carbonyl (C=O) groups excluding carboxylic acids is 1. The van der Waals surface area contributed by atoms with Gasteiger partial charge in [-0.05, 0) is 30.9 Å². The predicted octanol–water partition coefficient (Wildman–Crippen LogP) is 1.71. The van der Waals surface area contributed by atoms with Gasteiger partial charge in [0.2, 0.25) is 0 Å². The molecule has 0 bridgehead atoms. The van der Waals surface area contributed by atoms with E-state index in [1.807, 2.05) is 0 Å². The van der Waals surface area contributed by atoms with E-state index in [-0.39, 0.29) is 5.97 Å². The predicted molar refractivity (Wildman–Crippen MR) is 67.6 cm³/mol. The lowest BCUT2D eigenvalue weighted by Crippen LogP contribution is -2.25. The number of ether oxygens (including phenoxy) is 2. The summed E-state index contributed by atoms with van der Waals surface area (Å²) in [5, 5.41) is 3.21. The highest BCUT2D eigenvalue weighted by Gasteiger charge is 2.16. The minimum atomic E-state index is -0.370. The lowest BCUT2D eigenvalue weighted by atomic mass is 10.0. The second-order valence-electron chi connectivity index (χ2n) is 4.36. The third-order valence-electron chi connectivity index (χ3n) is 3.03. The molecule has 1 N–H and O–H groups in total. The van der Waals surface area contributed by atoms with E-state index in [1.54, 1.807) is 18.3 Å². The fourth-order valence-corrected chi connectivity index (χ4v) is 2.03. The van der Waals surface area contributed by atoms with Crippen LogP contribution in [0.5, 0.6) is 0 Å². The standard InChI is InChI=1S/C13H18N2O3/c1-17-13(16)11-5-2-6-14-12(11)15-8-10-4-3-7-18-9-10/h2,5-6,10H,3-4,7-9H2,1H3,(H,14,15). The van der Waals surface area contributed by atoms with E-state index in [0.717, 1.165) is 32.6 Å². The lowest BCUT2D eigenvalue weighted by Gasteiger charge is -2.22. The van der Waals surface area contributed by atoms with Crippen molar-refractivity contribution in [1.82, 2.24) is 4.98 Å². The van der Waals surface area contributed by atoms with E-state index >= 15 is 0 Å². The Hall–Kier alpha value is -1.62. The molecule has 1 saturated heterocycles. The zero-order chi connectivity index (χ0) is 12.8. The van der Waals surface area contributed by atoms with Gasteiger partial charge in [-0.3, -0.25) is 0 Å². The molecular weight excluding hydrogens is 232 g/mol. The van der Waals surface area contributed by atoms with E-state index in [1.165, 1.54) is 7.11 Å². The van der Waals surface area contributed by atoms with Crippen LogP contribution < -0.4 is 5.32 Å². The monoisotopic (exact) mass is 250 g/mol. The first-order valence-electron chi connectivity index (χ1n) is 6.16. The van der Waals surface area contributed by atoms with E-state index in [9.17, 15) is 4.79 Å². The van der Waals surface area contributed by atoms with Crippen molar-refractivity contribution in [2.75, 3.05) is 32.2 Å². The average Bonchev–Trinajstić information content (AvgIpc) is 2.45. The maximum absolute atomic E-state index is 11.6. The summed E-state index contributed by atoms with van der Waals surface area (Å²) < 4.78 is 10.1. The minimum Gasteiger partial charge on any atom is -0.465 e. The molecule has 2 heterocycles. The molecule has 0 saturated carbocycles. The van der Waals surface area contributed by atoms with Crippen LogP contribution in [0.4, 0.5) is 5.82 Å². The van der Waals surface area contributed by atoms with Gasteiger partial charge in [0.05, 0.1) is 13.7 Å². The van der Waals surface area contributed by atoms with Crippen molar-refractivity contribution in [3.63, 3.8) is 0 Å². The molecule has 1 atom stereocenters. The zero-order valence-electron chi connectivity index (χ0n) is 10.5. The SMILES string of the molecule is COC(=O)c1cccnc1NCC1CCCOC1. The first-order valence-corrected chi connectivity index (χ1v) is 6.16. The molecule has 1 aromatic rings. The number of rotatable bonds is 4. The molecule has 1 unspecified atom stereocenters. The zero-order valence-corrected chi connectivity index (χ0v) is 10.5. The Bertz CT molecular complexity index is 403. The molecule has 5 nitrogen and oxygen atoms in total. The summed E-state index contributed by atoms with van der Waals surface area (Å²) in [6, 6.07) is 3.43. The van der Waals surface area contributed by atoms with Crippen LogP contribution in [-0.2, 0) is 9.47 Å².